The lowest BCUT2D eigenvalue weighted by molar-refractivity contribution is -0.0355. The number of carbonyl (C=O) groups excluding carboxylic acids is 1. The number of hydrogen-bond donors (Lipinski definition) is 1. The minimum Gasteiger partial charge on any atom is -0.378 e. The number of morpholine rings is 1. The highest BCUT2D eigenvalue weighted by molar-refractivity contribution is 5.90. The number of piperazine rings is 1. The van der Waals surface area contributed by atoms with Crippen LogP contribution in [0.15, 0.2) is 18.2 Å². The summed E-state index contributed by atoms with van der Waals surface area (Å²) >= 11 is 0. The van der Waals surface area contributed by atoms with Crippen molar-refractivity contribution >= 4 is 11.7 Å². The highest BCUT2D eigenvalue weighted by Crippen LogP contribution is 2.20. The minimum absolute atomic E-state index is 0.108. The maximum Gasteiger partial charge on any atom is 0.321 e. The summed E-state index contributed by atoms with van der Waals surface area (Å²) in [7, 11) is 0. The van der Waals surface area contributed by atoms with Gasteiger partial charge in [-0.3, -0.25) is 4.90 Å². The van der Waals surface area contributed by atoms with Gasteiger partial charge in [-0.25, -0.2) is 4.79 Å². The smallest absolute Gasteiger partial charge is 0.321 e. The summed E-state index contributed by atoms with van der Waals surface area (Å²) in [6, 6.07) is 7.69. The van der Waals surface area contributed by atoms with Crippen molar-refractivity contribution in [2.75, 3.05) is 44.7 Å². The Morgan fingerprint density at radius 1 is 1.41 bits per heavy atom. The van der Waals surface area contributed by atoms with Crippen molar-refractivity contribution in [3.63, 3.8) is 0 Å². The van der Waals surface area contributed by atoms with Crippen molar-refractivity contribution in [2.24, 2.45) is 0 Å². The van der Waals surface area contributed by atoms with Crippen molar-refractivity contribution in [1.29, 1.82) is 5.26 Å². The number of benzene rings is 1. The van der Waals surface area contributed by atoms with E-state index in [1.54, 1.807) is 12.1 Å². The normalized spacial score (nSPS) is 21.8. The summed E-state index contributed by atoms with van der Waals surface area (Å²) in [6.07, 6.45) is 0. The van der Waals surface area contributed by atoms with Gasteiger partial charge in [0.25, 0.3) is 0 Å². The number of rotatable bonds is 1. The van der Waals surface area contributed by atoms with Crippen molar-refractivity contribution in [3.8, 4) is 6.07 Å². The van der Waals surface area contributed by atoms with Gasteiger partial charge in [0.2, 0.25) is 0 Å². The van der Waals surface area contributed by atoms with Gasteiger partial charge < -0.3 is 15.0 Å². The first-order valence-corrected chi connectivity index (χ1v) is 7.56. The predicted octanol–water partition coefficient (Wildman–Crippen LogP) is 1.41. The summed E-state index contributed by atoms with van der Waals surface area (Å²) in [6.45, 7) is 6.56. The summed E-state index contributed by atoms with van der Waals surface area (Å²) in [5.41, 5.74) is 2.09. The van der Waals surface area contributed by atoms with Crippen LogP contribution in [0, 0.1) is 18.3 Å². The monoisotopic (exact) mass is 300 g/mol. The molecule has 2 aliphatic rings. The van der Waals surface area contributed by atoms with E-state index >= 15 is 0 Å². The van der Waals surface area contributed by atoms with Crippen molar-refractivity contribution in [1.82, 2.24) is 9.80 Å². The average Bonchev–Trinajstić information content (AvgIpc) is 2.56. The molecule has 0 spiro atoms. The number of carbonyl (C=O) groups is 1. The fraction of sp³-hybridized carbons (Fsp3) is 0.500. The minimum atomic E-state index is -0.108. The van der Waals surface area contributed by atoms with E-state index in [4.69, 9.17) is 10.00 Å². The number of ether oxygens (including phenoxy) is 1. The van der Waals surface area contributed by atoms with E-state index in [2.05, 4.69) is 16.3 Å². The van der Waals surface area contributed by atoms with E-state index in [1.165, 1.54) is 0 Å². The molecule has 2 aliphatic heterocycles. The van der Waals surface area contributed by atoms with Gasteiger partial charge in [0.15, 0.2) is 0 Å². The van der Waals surface area contributed by atoms with Crippen molar-refractivity contribution < 1.29 is 9.53 Å². The molecule has 2 fully saturated rings. The number of hydrogen-bond acceptors (Lipinski definition) is 4. The Bertz CT molecular complexity index is 611. The number of fused-ring (bicyclic) bond motifs is 1. The maximum absolute atomic E-state index is 12.5. The number of nitrogens with one attached hydrogen (secondary N) is 1. The Balaban J connectivity index is 1.66. The Hall–Kier alpha value is -2.10. The van der Waals surface area contributed by atoms with E-state index < -0.39 is 0 Å². The van der Waals surface area contributed by atoms with Gasteiger partial charge in [-0.1, -0.05) is 6.07 Å². The third-order valence-electron chi connectivity index (χ3n) is 4.42. The SMILES string of the molecule is Cc1c(C#N)cccc1NC(=O)N1CCN2CCOCC2C1. The molecule has 6 nitrogen and oxygen atoms in total. The second-order valence-corrected chi connectivity index (χ2v) is 5.73. The molecule has 1 aromatic rings. The van der Waals surface area contributed by atoms with Gasteiger partial charge in [-0.2, -0.15) is 5.26 Å². The second kappa shape index (κ2) is 6.34. The highest BCUT2D eigenvalue weighted by Gasteiger charge is 2.31. The number of nitrogens with zero attached hydrogens (tertiary/aromatic N) is 3. The van der Waals surface area contributed by atoms with Crippen LogP contribution < -0.4 is 5.32 Å². The van der Waals surface area contributed by atoms with Crippen molar-refractivity contribution in [3.05, 3.63) is 29.3 Å². The predicted molar refractivity (Wildman–Crippen MR) is 82.7 cm³/mol. The summed E-state index contributed by atoms with van der Waals surface area (Å²) in [5.74, 6) is 0. The molecular formula is C16H20N4O2. The Morgan fingerprint density at radius 2 is 2.27 bits per heavy atom. The summed E-state index contributed by atoms with van der Waals surface area (Å²) in [5, 5.41) is 12.0. The number of amides is 2. The van der Waals surface area contributed by atoms with E-state index in [-0.39, 0.29) is 6.03 Å². The van der Waals surface area contributed by atoms with Crippen LogP contribution in [0.4, 0.5) is 10.5 Å². The lowest BCUT2D eigenvalue weighted by atomic mass is 10.1. The van der Waals surface area contributed by atoms with Gasteiger partial charge in [0.05, 0.1) is 30.9 Å². The standard InChI is InChI=1S/C16H20N4O2/c1-12-13(9-17)3-2-4-15(12)18-16(21)20-6-5-19-7-8-22-11-14(19)10-20/h2-4,14H,5-8,10-11H2,1H3,(H,18,21). The fourth-order valence-corrected chi connectivity index (χ4v) is 3.02. The molecule has 3 rings (SSSR count). The largest absolute Gasteiger partial charge is 0.378 e. The molecule has 1 unspecified atom stereocenters. The van der Waals surface area contributed by atoms with Gasteiger partial charge in [0.1, 0.15) is 0 Å². The van der Waals surface area contributed by atoms with Crippen LogP contribution in [0.5, 0.6) is 0 Å². The van der Waals surface area contributed by atoms with Gasteiger partial charge in [-0.15, -0.1) is 0 Å². The molecule has 116 valence electrons. The van der Waals surface area contributed by atoms with Crippen LogP contribution in [0.3, 0.4) is 0 Å². The molecule has 1 N–H and O–H groups in total. The lowest BCUT2D eigenvalue weighted by Gasteiger charge is -2.43. The van der Waals surface area contributed by atoms with Crippen LogP contribution in [0.2, 0.25) is 0 Å². The molecule has 2 amide bonds. The van der Waals surface area contributed by atoms with Gasteiger partial charge >= 0.3 is 6.03 Å². The van der Waals surface area contributed by atoms with E-state index in [9.17, 15) is 4.79 Å². The molecule has 1 aromatic carbocycles. The summed E-state index contributed by atoms with van der Waals surface area (Å²) < 4.78 is 5.50. The molecule has 0 aromatic heterocycles. The van der Waals surface area contributed by atoms with E-state index in [1.807, 2.05) is 17.9 Å². The Morgan fingerprint density at radius 3 is 3.09 bits per heavy atom. The van der Waals surface area contributed by atoms with Gasteiger partial charge in [0, 0.05) is 31.9 Å². The van der Waals surface area contributed by atoms with Crippen LogP contribution >= 0.6 is 0 Å². The third-order valence-corrected chi connectivity index (χ3v) is 4.42. The topological polar surface area (TPSA) is 68.6 Å². The molecular weight excluding hydrogens is 280 g/mol. The first kappa shape index (κ1) is 14.8. The number of nitriles is 1. The van der Waals surface area contributed by atoms with Gasteiger partial charge in [-0.05, 0) is 24.6 Å². The van der Waals surface area contributed by atoms with Crippen LogP contribution in [0.25, 0.3) is 0 Å². The number of anilines is 1. The maximum atomic E-state index is 12.5. The number of urea groups is 1. The molecule has 0 bridgehead atoms. The molecule has 0 aliphatic carbocycles. The second-order valence-electron chi connectivity index (χ2n) is 5.73. The lowest BCUT2D eigenvalue weighted by Crippen LogP contribution is -2.59. The molecule has 0 radical (unpaired) electrons. The van der Waals surface area contributed by atoms with Crippen LogP contribution in [0.1, 0.15) is 11.1 Å². The molecule has 6 heteroatoms. The summed E-state index contributed by atoms with van der Waals surface area (Å²) in [4.78, 5) is 16.7. The molecule has 2 heterocycles. The zero-order valence-corrected chi connectivity index (χ0v) is 12.7. The average molecular weight is 300 g/mol. The van der Waals surface area contributed by atoms with Crippen molar-refractivity contribution in [2.45, 2.75) is 13.0 Å². The Labute approximate surface area is 130 Å². The van der Waals surface area contributed by atoms with Crippen LogP contribution in [-0.4, -0.2) is 61.3 Å². The zero-order chi connectivity index (χ0) is 15.5. The quantitative estimate of drug-likeness (QED) is 0.851. The Kier molecular flexibility index (Phi) is 4.27. The first-order valence-electron chi connectivity index (χ1n) is 7.56. The molecule has 2 saturated heterocycles. The third kappa shape index (κ3) is 2.91. The van der Waals surface area contributed by atoms with Crippen LogP contribution in [-0.2, 0) is 4.74 Å². The van der Waals surface area contributed by atoms with E-state index in [0.29, 0.717) is 30.4 Å². The first-order chi connectivity index (χ1) is 10.7. The fourth-order valence-electron chi connectivity index (χ4n) is 3.02. The highest BCUT2D eigenvalue weighted by atomic mass is 16.5. The van der Waals surface area contributed by atoms with E-state index in [0.717, 1.165) is 31.8 Å². The molecule has 0 saturated carbocycles. The molecule has 22 heavy (non-hydrogen) atoms. The molecule has 1 atom stereocenters. The zero-order valence-electron chi connectivity index (χ0n) is 12.7.